The fourth-order valence-corrected chi connectivity index (χ4v) is 10.8. The van der Waals surface area contributed by atoms with Crippen LogP contribution < -0.4 is 0 Å². The summed E-state index contributed by atoms with van der Waals surface area (Å²) in [5, 5.41) is 9.89. The van der Waals surface area contributed by atoms with Crippen LogP contribution in [-0.2, 0) is 36.8 Å². The molecule has 1 aromatic carbocycles. The topological polar surface area (TPSA) is 73.6 Å². The highest BCUT2D eigenvalue weighted by molar-refractivity contribution is 14.1. The average Bonchev–Trinajstić information content (AvgIpc) is 3.35. The molecule has 2 spiro atoms. The summed E-state index contributed by atoms with van der Waals surface area (Å²) in [4.78, 5) is 5.63. The number of rotatable bonds is 4. The Hall–Kier alpha value is -1.56. The van der Waals surface area contributed by atoms with E-state index in [1.54, 1.807) is 0 Å². The molecule has 2 unspecified atom stereocenters. The fraction of sp³-hybridized carbons (Fsp3) is 0.676. The minimum absolute atomic E-state index is 0.00511. The fourth-order valence-electron chi connectivity index (χ4n) is 8.53. The number of hydrogen-bond acceptors (Lipinski definition) is 6. The Kier molecular flexibility index (Phi) is 8.93. The van der Waals surface area contributed by atoms with Crippen LogP contribution in [0.5, 0.6) is 0 Å². The van der Waals surface area contributed by atoms with Gasteiger partial charge in [0.05, 0.1) is 39.5 Å². The van der Waals surface area contributed by atoms with Gasteiger partial charge in [0.1, 0.15) is 11.7 Å². The Morgan fingerprint density at radius 3 is 2.38 bits per heavy atom. The van der Waals surface area contributed by atoms with Crippen LogP contribution in [0.15, 0.2) is 18.2 Å². The van der Waals surface area contributed by atoms with Gasteiger partial charge in [0.15, 0.2) is 8.32 Å². The summed E-state index contributed by atoms with van der Waals surface area (Å²) in [6.45, 7) is 13.7. The number of ether oxygens (including phenoxy) is 3. The molecule has 48 heavy (non-hydrogen) atoms. The Morgan fingerprint density at radius 1 is 1.04 bits per heavy atom. The molecule has 4 heterocycles. The monoisotopic (exact) mass is 794 g/mol. The molecule has 4 atom stereocenters. The predicted molar refractivity (Wildman–Crippen MR) is 187 cm³/mol. The molecule has 7 rings (SSSR count). The van der Waals surface area contributed by atoms with E-state index in [4.69, 9.17) is 23.6 Å². The van der Waals surface area contributed by atoms with E-state index in [0.717, 1.165) is 59.8 Å². The van der Waals surface area contributed by atoms with E-state index in [-0.39, 0.29) is 26.4 Å². The Morgan fingerprint density at radius 2 is 1.77 bits per heavy atom. The number of aromatic nitrogens is 1. The van der Waals surface area contributed by atoms with Crippen molar-refractivity contribution in [1.29, 1.82) is 5.26 Å². The van der Waals surface area contributed by atoms with E-state index in [9.17, 15) is 18.4 Å². The van der Waals surface area contributed by atoms with E-state index < -0.39 is 37.3 Å². The van der Waals surface area contributed by atoms with Crippen molar-refractivity contribution >= 4 is 30.9 Å². The third-order valence-electron chi connectivity index (χ3n) is 12.3. The minimum Gasteiger partial charge on any atom is -0.410 e. The summed E-state index contributed by atoms with van der Waals surface area (Å²) < 4.78 is 68.4. The standard InChI is InChI=1S/C37H46F3IN2O4Si/c1-34(2,3)48(4,5)47-27-19-35(11-6-12-35)18-26-29(27)31-30(32(43-26)22-9-14-44-15-10-22)33(46-36(31)13-16-45-21-28(36)41)23-7-8-25(37(38,39)40)24(17-23)20-42/h7-8,17,22,27-28,33H,6,9-16,18-19,21H2,1-5H3/t27-,28?,33+,36?/m0/s1. The van der Waals surface area contributed by atoms with E-state index in [2.05, 4.69) is 56.5 Å². The summed E-state index contributed by atoms with van der Waals surface area (Å²) in [7, 11) is -2.24. The van der Waals surface area contributed by atoms with Crippen molar-refractivity contribution in [2.45, 2.75) is 124 Å². The van der Waals surface area contributed by atoms with Gasteiger partial charge in [-0.3, -0.25) is 4.98 Å². The number of pyridine rings is 1. The van der Waals surface area contributed by atoms with Crippen molar-refractivity contribution < 1.29 is 31.8 Å². The normalized spacial score (nSPS) is 29.0. The molecule has 6 nitrogen and oxygen atoms in total. The second-order valence-corrected chi connectivity index (χ2v) is 22.5. The van der Waals surface area contributed by atoms with E-state index in [0.29, 0.717) is 38.4 Å². The van der Waals surface area contributed by atoms with E-state index >= 15 is 0 Å². The number of hydrogen-bond donors (Lipinski definition) is 0. The zero-order valence-electron chi connectivity index (χ0n) is 28.6. The van der Waals surface area contributed by atoms with Gasteiger partial charge in [-0.2, -0.15) is 18.4 Å². The SMILES string of the molecule is CC(C)(C)[Si](C)(C)O[C@H]1CC2(CCC2)Cc2nc(C3CCOCC3)c3c(c21)C1(CCOCC1I)O[C@@H]3c1ccc(C(F)(F)F)c(C#N)c1. The number of fused-ring (bicyclic) bond motifs is 4. The molecular formula is C37H46F3IN2O4Si. The third-order valence-corrected chi connectivity index (χ3v) is 18.2. The van der Waals surface area contributed by atoms with Gasteiger partial charge >= 0.3 is 6.18 Å². The lowest BCUT2D eigenvalue weighted by Gasteiger charge is -2.51. The zero-order valence-corrected chi connectivity index (χ0v) is 31.7. The van der Waals surface area contributed by atoms with Crippen molar-refractivity contribution in [2.75, 3.05) is 26.4 Å². The lowest BCUT2D eigenvalue weighted by Crippen LogP contribution is -2.48. The smallest absolute Gasteiger partial charge is 0.410 e. The number of alkyl halides is 4. The van der Waals surface area contributed by atoms with E-state index in [1.807, 2.05) is 6.07 Å². The Bertz CT molecular complexity index is 1630. The number of benzene rings is 1. The molecule has 0 bridgehead atoms. The maximum absolute atomic E-state index is 13.9. The van der Waals surface area contributed by atoms with Crippen LogP contribution in [0.4, 0.5) is 13.2 Å². The maximum Gasteiger partial charge on any atom is 0.417 e. The quantitative estimate of drug-likeness (QED) is 0.175. The van der Waals surface area contributed by atoms with Gasteiger partial charge in [-0.15, -0.1) is 0 Å². The van der Waals surface area contributed by atoms with Crippen molar-refractivity contribution in [3.8, 4) is 6.07 Å². The molecule has 2 aromatic rings. The molecule has 260 valence electrons. The molecule has 3 fully saturated rings. The molecule has 3 aliphatic heterocycles. The summed E-state index contributed by atoms with van der Waals surface area (Å²) >= 11 is 2.46. The van der Waals surface area contributed by atoms with Gasteiger partial charge in [0.2, 0.25) is 0 Å². The summed E-state index contributed by atoms with van der Waals surface area (Å²) in [5.41, 5.74) is 4.04. The summed E-state index contributed by atoms with van der Waals surface area (Å²) in [6.07, 6.45) is 2.23. The maximum atomic E-state index is 13.9. The van der Waals surface area contributed by atoms with Crippen molar-refractivity contribution in [3.63, 3.8) is 0 Å². The van der Waals surface area contributed by atoms with Crippen LogP contribution in [0, 0.1) is 16.7 Å². The largest absolute Gasteiger partial charge is 0.417 e. The zero-order chi connectivity index (χ0) is 34.3. The average molecular weight is 795 g/mol. The molecular weight excluding hydrogens is 748 g/mol. The molecule has 0 N–H and O–H groups in total. The lowest BCUT2D eigenvalue weighted by molar-refractivity contribution is -0.137. The second-order valence-electron chi connectivity index (χ2n) is 16.2. The van der Waals surface area contributed by atoms with Crippen LogP contribution in [0.25, 0.3) is 0 Å². The molecule has 1 saturated carbocycles. The van der Waals surface area contributed by atoms with Crippen LogP contribution in [0.2, 0.25) is 18.1 Å². The highest BCUT2D eigenvalue weighted by Crippen LogP contribution is 2.62. The third kappa shape index (κ3) is 5.78. The lowest BCUT2D eigenvalue weighted by atomic mass is 9.58. The first-order valence-corrected chi connectivity index (χ1v) is 21.6. The van der Waals surface area contributed by atoms with Gasteiger partial charge in [-0.05, 0) is 79.8 Å². The number of nitriles is 1. The minimum atomic E-state index is -4.63. The Balaban J connectivity index is 1.50. The molecule has 2 saturated heterocycles. The predicted octanol–water partition coefficient (Wildman–Crippen LogP) is 9.58. The number of nitrogens with zero attached hydrogens (tertiary/aromatic N) is 2. The molecule has 1 aromatic heterocycles. The van der Waals surface area contributed by atoms with Crippen LogP contribution in [0.1, 0.15) is 129 Å². The van der Waals surface area contributed by atoms with E-state index in [1.165, 1.54) is 31.4 Å². The Labute approximate surface area is 296 Å². The van der Waals surface area contributed by atoms with Gasteiger partial charge in [-0.25, -0.2) is 0 Å². The first-order valence-electron chi connectivity index (χ1n) is 17.4. The molecule has 0 amide bonds. The van der Waals surface area contributed by atoms with Crippen LogP contribution in [-0.4, -0.2) is 43.7 Å². The first kappa shape index (κ1) is 34.9. The first-order chi connectivity index (χ1) is 22.6. The van der Waals surface area contributed by atoms with Crippen molar-refractivity contribution in [3.05, 3.63) is 63.0 Å². The summed E-state index contributed by atoms with van der Waals surface area (Å²) in [5.74, 6) is 0.135. The molecule has 5 aliphatic rings. The highest BCUT2D eigenvalue weighted by Gasteiger charge is 2.58. The number of halogens is 4. The summed E-state index contributed by atoms with van der Waals surface area (Å²) in [6, 6.07) is 5.75. The van der Waals surface area contributed by atoms with Crippen molar-refractivity contribution in [1.82, 2.24) is 4.98 Å². The molecule has 2 aliphatic carbocycles. The van der Waals surface area contributed by atoms with Gasteiger partial charge in [0.25, 0.3) is 0 Å². The van der Waals surface area contributed by atoms with Crippen LogP contribution >= 0.6 is 22.6 Å². The van der Waals surface area contributed by atoms with Gasteiger partial charge in [-0.1, -0.05) is 55.8 Å². The second kappa shape index (κ2) is 12.3. The van der Waals surface area contributed by atoms with Crippen molar-refractivity contribution in [2.24, 2.45) is 5.41 Å². The van der Waals surface area contributed by atoms with Crippen LogP contribution in [0.3, 0.4) is 0 Å². The molecule has 0 radical (unpaired) electrons. The van der Waals surface area contributed by atoms with Gasteiger partial charge in [0, 0.05) is 54.5 Å². The molecule has 11 heteroatoms. The highest BCUT2D eigenvalue weighted by atomic mass is 127. The van der Waals surface area contributed by atoms with Gasteiger partial charge < -0.3 is 18.6 Å².